The number of amides is 3. The Balaban J connectivity index is 1.55. The Bertz CT molecular complexity index is 783. The maximum Gasteiger partial charge on any atom is 0.254 e. The van der Waals surface area contributed by atoms with E-state index in [0.29, 0.717) is 13.1 Å². The summed E-state index contributed by atoms with van der Waals surface area (Å²) in [6.45, 7) is 4.29. The van der Waals surface area contributed by atoms with Crippen molar-refractivity contribution < 1.29 is 14.4 Å². The zero-order valence-corrected chi connectivity index (χ0v) is 17.8. The molecule has 2 atom stereocenters. The zero-order valence-electron chi connectivity index (χ0n) is 16.9. The molecule has 2 saturated heterocycles. The molecule has 1 saturated carbocycles. The van der Waals surface area contributed by atoms with Crippen molar-refractivity contribution in [3.63, 3.8) is 0 Å². The molecule has 152 valence electrons. The van der Waals surface area contributed by atoms with Gasteiger partial charge in [0.2, 0.25) is 11.8 Å². The topological polar surface area (TPSA) is 60.9 Å². The molecular formula is C21H29N3O3S. The fourth-order valence-corrected chi connectivity index (χ4v) is 6.55. The molecule has 6 nitrogen and oxygen atoms in total. The van der Waals surface area contributed by atoms with E-state index in [0.717, 1.165) is 44.3 Å². The van der Waals surface area contributed by atoms with Gasteiger partial charge in [0.1, 0.15) is 0 Å². The molecule has 0 N–H and O–H groups in total. The molecule has 0 aromatic carbocycles. The van der Waals surface area contributed by atoms with Crippen LogP contribution in [0, 0.1) is 16.7 Å². The molecule has 28 heavy (non-hydrogen) atoms. The van der Waals surface area contributed by atoms with Crippen molar-refractivity contribution in [2.45, 2.75) is 32.6 Å². The summed E-state index contributed by atoms with van der Waals surface area (Å²) in [5, 5.41) is 3.84. The van der Waals surface area contributed by atoms with E-state index in [-0.39, 0.29) is 29.1 Å². The fourth-order valence-electron chi connectivity index (χ4n) is 5.92. The third kappa shape index (κ3) is 2.86. The molecule has 3 fully saturated rings. The number of carbonyl (C=O) groups excluding carboxylic acids is 3. The zero-order chi connectivity index (χ0) is 20.1. The fraction of sp³-hybridized carbons (Fsp3) is 0.667. The van der Waals surface area contributed by atoms with Crippen molar-refractivity contribution in [2.24, 2.45) is 16.7 Å². The number of rotatable bonds is 2. The SMILES string of the molecule is CC(=O)N1C[C@@H]2C3(CCN(C(=O)c4ccsc4)CC3)CC[C@]2(C(=O)N(C)C)C1. The van der Waals surface area contributed by atoms with E-state index >= 15 is 0 Å². The average Bonchev–Trinajstić information content (AvgIpc) is 3.38. The first-order chi connectivity index (χ1) is 13.3. The molecule has 0 unspecified atom stereocenters. The first-order valence-electron chi connectivity index (χ1n) is 10.1. The second-order valence-electron chi connectivity index (χ2n) is 8.97. The van der Waals surface area contributed by atoms with Crippen molar-refractivity contribution in [1.82, 2.24) is 14.7 Å². The summed E-state index contributed by atoms with van der Waals surface area (Å²) in [5.74, 6) is 0.522. The summed E-state index contributed by atoms with van der Waals surface area (Å²) in [5.41, 5.74) is 0.379. The number of hydrogen-bond donors (Lipinski definition) is 0. The van der Waals surface area contributed by atoms with Crippen LogP contribution < -0.4 is 0 Å². The highest BCUT2D eigenvalue weighted by Crippen LogP contribution is 2.62. The van der Waals surface area contributed by atoms with E-state index in [1.54, 1.807) is 23.2 Å². The van der Waals surface area contributed by atoms with Gasteiger partial charge in [-0.15, -0.1) is 0 Å². The maximum atomic E-state index is 13.2. The molecule has 3 heterocycles. The van der Waals surface area contributed by atoms with Gasteiger partial charge in [-0.1, -0.05) is 0 Å². The lowest BCUT2D eigenvalue weighted by molar-refractivity contribution is -0.141. The first-order valence-corrected chi connectivity index (χ1v) is 11.0. The lowest BCUT2D eigenvalue weighted by atomic mass is 9.65. The summed E-state index contributed by atoms with van der Waals surface area (Å²) in [4.78, 5) is 43.5. The van der Waals surface area contributed by atoms with Gasteiger partial charge in [0.05, 0.1) is 11.0 Å². The largest absolute Gasteiger partial charge is 0.348 e. The summed E-state index contributed by atoms with van der Waals surface area (Å²) >= 11 is 1.54. The van der Waals surface area contributed by atoms with Gasteiger partial charge < -0.3 is 14.7 Å². The highest BCUT2D eigenvalue weighted by molar-refractivity contribution is 7.08. The third-order valence-corrected chi connectivity index (χ3v) is 8.13. The first kappa shape index (κ1) is 19.4. The number of thiophene rings is 1. The Morgan fingerprint density at radius 1 is 1.11 bits per heavy atom. The van der Waals surface area contributed by atoms with Gasteiger partial charge in [-0.25, -0.2) is 0 Å². The smallest absolute Gasteiger partial charge is 0.254 e. The molecule has 4 rings (SSSR count). The van der Waals surface area contributed by atoms with Gasteiger partial charge >= 0.3 is 0 Å². The molecule has 1 aliphatic carbocycles. The molecule has 3 aliphatic rings. The molecule has 1 aromatic rings. The van der Waals surface area contributed by atoms with Crippen LogP contribution in [0.25, 0.3) is 0 Å². The van der Waals surface area contributed by atoms with Crippen LogP contribution >= 0.6 is 11.3 Å². The second-order valence-corrected chi connectivity index (χ2v) is 9.75. The van der Waals surface area contributed by atoms with Gasteiger partial charge in [0.15, 0.2) is 0 Å². The molecule has 2 aliphatic heterocycles. The molecule has 0 bridgehead atoms. The lowest BCUT2D eigenvalue weighted by Crippen LogP contribution is -2.49. The van der Waals surface area contributed by atoms with Crippen LogP contribution in [0.3, 0.4) is 0 Å². The van der Waals surface area contributed by atoms with Crippen molar-refractivity contribution in [1.29, 1.82) is 0 Å². The Morgan fingerprint density at radius 3 is 2.39 bits per heavy atom. The minimum absolute atomic E-state index is 0.0561. The predicted octanol–water partition coefficient (Wildman–Crippen LogP) is 2.32. The Morgan fingerprint density at radius 2 is 1.82 bits per heavy atom. The number of fused-ring (bicyclic) bond motifs is 2. The van der Waals surface area contributed by atoms with Gasteiger partial charge in [-0.05, 0) is 48.5 Å². The highest BCUT2D eigenvalue weighted by atomic mass is 32.1. The normalized spacial score (nSPS) is 28.5. The molecule has 7 heteroatoms. The molecule has 0 radical (unpaired) electrons. The van der Waals surface area contributed by atoms with E-state index in [1.165, 1.54) is 0 Å². The number of hydrogen-bond acceptors (Lipinski definition) is 4. The van der Waals surface area contributed by atoms with Crippen LogP contribution in [-0.4, -0.2) is 72.7 Å². The minimum atomic E-state index is -0.450. The van der Waals surface area contributed by atoms with Gasteiger partial charge in [-0.2, -0.15) is 11.3 Å². The Kier molecular flexibility index (Phi) is 4.76. The van der Waals surface area contributed by atoms with Crippen LogP contribution in [-0.2, 0) is 9.59 Å². The highest BCUT2D eigenvalue weighted by Gasteiger charge is 2.65. The number of carbonyl (C=O) groups is 3. The summed E-state index contributed by atoms with van der Waals surface area (Å²) in [6, 6.07) is 1.88. The molecule has 3 amide bonds. The van der Waals surface area contributed by atoms with Crippen LogP contribution in [0.5, 0.6) is 0 Å². The summed E-state index contributed by atoms with van der Waals surface area (Å²) in [6.07, 6.45) is 3.70. The van der Waals surface area contributed by atoms with E-state index in [1.807, 2.05) is 40.7 Å². The van der Waals surface area contributed by atoms with Crippen molar-refractivity contribution in [3.8, 4) is 0 Å². The van der Waals surface area contributed by atoms with Crippen molar-refractivity contribution >= 4 is 29.1 Å². The maximum absolute atomic E-state index is 13.2. The number of likely N-dealkylation sites (tertiary alicyclic amines) is 2. The minimum Gasteiger partial charge on any atom is -0.348 e. The van der Waals surface area contributed by atoms with Gasteiger partial charge in [0.25, 0.3) is 5.91 Å². The summed E-state index contributed by atoms with van der Waals surface area (Å²) in [7, 11) is 3.63. The van der Waals surface area contributed by atoms with Crippen LogP contribution in [0.2, 0.25) is 0 Å². The van der Waals surface area contributed by atoms with Crippen molar-refractivity contribution in [2.75, 3.05) is 40.3 Å². The lowest BCUT2D eigenvalue weighted by Gasteiger charge is -2.44. The van der Waals surface area contributed by atoms with E-state index in [4.69, 9.17) is 0 Å². The van der Waals surface area contributed by atoms with Crippen LogP contribution in [0.4, 0.5) is 0 Å². The van der Waals surface area contributed by atoms with E-state index in [2.05, 4.69) is 0 Å². The summed E-state index contributed by atoms with van der Waals surface area (Å²) < 4.78 is 0. The number of piperidine rings is 1. The second kappa shape index (κ2) is 6.87. The molecular weight excluding hydrogens is 374 g/mol. The third-order valence-electron chi connectivity index (χ3n) is 7.44. The van der Waals surface area contributed by atoms with Gasteiger partial charge in [0, 0.05) is 52.6 Å². The number of nitrogens with zero attached hydrogens (tertiary/aromatic N) is 3. The van der Waals surface area contributed by atoms with Crippen molar-refractivity contribution in [3.05, 3.63) is 22.4 Å². The monoisotopic (exact) mass is 403 g/mol. The Hall–Kier alpha value is -1.89. The quantitative estimate of drug-likeness (QED) is 0.761. The van der Waals surface area contributed by atoms with E-state index < -0.39 is 5.41 Å². The standard InChI is InChI=1S/C21H29N3O3S/c1-15(25)24-12-17-20(5-6-21(17,14-24)19(27)22(2)3)7-9-23(10-8-20)18(26)16-4-11-28-13-16/h4,11,13,17H,5-10,12,14H2,1-3H3/t17-,21+/m1/s1. The van der Waals surface area contributed by atoms with Crippen LogP contribution in [0.15, 0.2) is 16.8 Å². The van der Waals surface area contributed by atoms with E-state index in [9.17, 15) is 14.4 Å². The molecule has 1 spiro atoms. The molecule has 1 aromatic heterocycles. The predicted molar refractivity (Wildman–Crippen MR) is 108 cm³/mol. The van der Waals surface area contributed by atoms with Crippen LogP contribution in [0.1, 0.15) is 43.0 Å². The van der Waals surface area contributed by atoms with Gasteiger partial charge in [-0.3, -0.25) is 14.4 Å². The Labute approximate surface area is 170 Å². The average molecular weight is 404 g/mol.